The van der Waals surface area contributed by atoms with Crippen LogP contribution in [0.5, 0.6) is 0 Å². The fourth-order valence-corrected chi connectivity index (χ4v) is 0.892. The molecule has 2 heteroatoms. The molecule has 0 unspecified atom stereocenters. The minimum absolute atomic E-state index is 0.534. The van der Waals surface area contributed by atoms with Gasteiger partial charge in [-0.05, 0) is 18.1 Å². The van der Waals surface area contributed by atoms with Gasteiger partial charge in [-0.2, -0.15) is 0 Å². The van der Waals surface area contributed by atoms with Crippen molar-refractivity contribution in [3.05, 3.63) is 42.2 Å². The molecule has 0 aliphatic rings. The summed E-state index contributed by atoms with van der Waals surface area (Å²) in [6, 6.07) is 7.44. The maximum Gasteiger partial charge on any atom is 0.0830 e. The summed E-state index contributed by atoms with van der Waals surface area (Å²) in [7, 11) is 0. The second-order valence-electron chi connectivity index (χ2n) is 2.26. The Hall–Kier alpha value is -1.31. The molecule has 1 aromatic rings. The van der Waals surface area contributed by atoms with Crippen LogP contribution < -0.4 is 5.73 Å². The molecule has 0 heterocycles. The molecule has 1 aromatic carbocycles. The molecule has 0 fully saturated rings. The standard InChI is InChI=1S/C9H10FN/c10-7-3-5-8-4-1-2-6-9(8)11/h1-4,6-7H,5,11H2. The number of para-hydroxylation sites is 1. The van der Waals surface area contributed by atoms with Gasteiger partial charge in [0, 0.05) is 5.69 Å². The summed E-state index contributed by atoms with van der Waals surface area (Å²) in [6.07, 6.45) is 2.53. The van der Waals surface area contributed by atoms with Gasteiger partial charge in [-0.3, -0.25) is 0 Å². The second-order valence-corrected chi connectivity index (χ2v) is 2.26. The first-order valence-corrected chi connectivity index (χ1v) is 3.43. The predicted molar refractivity (Wildman–Crippen MR) is 44.8 cm³/mol. The van der Waals surface area contributed by atoms with Gasteiger partial charge in [-0.15, -0.1) is 0 Å². The van der Waals surface area contributed by atoms with E-state index in [1.165, 1.54) is 6.08 Å². The fraction of sp³-hybridized carbons (Fsp3) is 0.111. The first-order valence-electron chi connectivity index (χ1n) is 3.43. The molecule has 0 aromatic heterocycles. The Bertz CT molecular complexity index is 255. The summed E-state index contributed by atoms with van der Waals surface area (Å²) in [5, 5.41) is 0. The molecular formula is C9H10FN. The highest BCUT2D eigenvalue weighted by atomic mass is 19.1. The third-order valence-electron chi connectivity index (χ3n) is 1.48. The van der Waals surface area contributed by atoms with E-state index < -0.39 is 0 Å². The first-order chi connectivity index (χ1) is 5.34. The number of anilines is 1. The number of hydrogen-bond donors (Lipinski definition) is 1. The number of nitrogens with two attached hydrogens (primary N) is 1. The zero-order valence-corrected chi connectivity index (χ0v) is 6.13. The van der Waals surface area contributed by atoms with Crippen molar-refractivity contribution >= 4 is 5.69 Å². The highest BCUT2D eigenvalue weighted by molar-refractivity contribution is 5.47. The van der Waals surface area contributed by atoms with Gasteiger partial charge in [0.25, 0.3) is 0 Å². The maximum absolute atomic E-state index is 11.6. The Morgan fingerprint density at radius 3 is 2.73 bits per heavy atom. The second kappa shape index (κ2) is 3.76. The summed E-state index contributed by atoms with van der Waals surface area (Å²) in [5.41, 5.74) is 7.28. The topological polar surface area (TPSA) is 26.0 Å². The molecule has 0 atom stereocenters. The van der Waals surface area contributed by atoms with E-state index in [2.05, 4.69) is 0 Å². The highest BCUT2D eigenvalue weighted by Gasteiger charge is 1.92. The summed E-state index contributed by atoms with van der Waals surface area (Å²) < 4.78 is 11.6. The van der Waals surface area contributed by atoms with Gasteiger partial charge in [-0.25, -0.2) is 4.39 Å². The van der Waals surface area contributed by atoms with Crippen LogP contribution in [0.15, 0.2) is 36.7 Å². The van der Waals surface area contributed by atoms with Crippen molar-refractivity contribution in [3.63, 3.8) is 0 Å². The lowest BCUT2D eigenvalue weighted by molar-refractivity contribution is 0.716. The molecule has 0 spiro atoms. The van der Waals surface area contributed by atoms with Crippen LogP contribution in [0.2, 0.25) is 0 Å². The quantitative estimate of drug-likeness (QED) is 0.645. The van der Waals surface area contributed by atoms with Crippen LogP contribution in [0, 0.1) is 0 Å². The smallest absolute Gasteiger partial charge is 0.0830 e. The van der Waals surface area contributed by atoms with Crippen LogP contribution in [-0.2, 0) is 6.42 Å². The van der Waals surface area contributed by atoms with Gasteiger partial charge in [0.2, 0.25) is 0 Å². The zero-order chi connectivity index (χ0) is 8.10. The number of halogens is 1. The van der Waals surface area contributed by atoms with Crippen LogP contribution in [-0.4, -0.2) is 0 Å². The normalized spacial score (nSPS) is 10.6. The fourth-order valence-electron chi connectivity index (χ4n) is 0.892. The van der Waals surface area contributed by atoms with Crippen molar-refractivity contribution in [2.45, 2.75) is 6.42 Å². The Labute approximate surface area is 65.3 Å². The molecule has 0 radical (unpaired) electrons. The largest absolute Gasteiger partial charge is 0.398 e. The van der Waals surface area contributed by atoms with Gasteiger partial charge in [0.05, 0.1) is 6.33 Å². The lowest BCUT2D eigenvalue weighted by Gasteiger charge is -1.99. The van der Waals surface area contributed by atoms with E-state index in [1.54, 1.807) is 6.07 Å². The maximum atomic E-state index is 11.6. The van der Waals surface area contributed by atoms with E-state index in [0.29, 0.717) is 18.4 Å². The molecule has 0 amide bonds. The Kier molecular flexibility index (Phi) is 2.66. The molecule has 1 rings (SSSR count). The van der Waals surface area contributed by atoms with E-state index in [1.807, 2.05) is 18.2 Å². The predicted octanol–water partition coefficient (Wildman–Crippen LogP) is 2.29. The Morgan fingerprint density at radius 2 is 2.09 bits per heavy atom. The molecule has 0 saturated carbocycles. The average Bonchev–Trinajstić information content (AvgIpc) is 2.03. The molecule has 58 valence electrons. The summed E-state index contributed by atoms with van der Waals surface area (Å²) in [5.74, 6) is 0. The molecular weight excluding hydrogens is 141 g/mol. The molecule has 0 saturated heterocycles. The van der Waals surface area contributed by atoms with E-state index >= 15 is 0 Å². The number of allylic oxidation sites excluding steroid dienone is 1. The lowest BCUT2D eigenvalue weighted by Crippen LogP contribution is -1.91. The molecule has 11 heavy (non-hydrogen) atoms. The van der Waals surface area contributed by atoms with E-state index in [9.17, 15) is 4.39 Å². The molecule has 2 N–H and O–H groups in total. The number of benzene rings is 1. The molecule has 1 nitrogen and oxygen atoms in total. The zero-order valence-electron chi connectivity index (χ0n) is 6.13. The summed E-state index contributed by atoms with van der Waals surface area (Å²) in [4.78, 5) is 0. The van der Waals surface area contributed by atoms with Crippen LogP contribution in [0.3, 0.4) is 0 Å². The highest BCUT2D eigenvalue weighted by Crippen LogP contribution is 2.11. The van der Waals surface area contributed by atoms with Gasteiger partial charge in [0.1, 0.15) is 0 Å². The first kappa shape index (κ1) is 7.79. The Morgan fingerprint density at radius 1 is 1.36 bits per heavy atom. The van der Waals surface area contributed by atoms with Gasteiger partial charge >= 0.3 is 0 Å². The Balaban J connectivity index is 2.77. The third kappa shape index (κ3) is 2.08. The summed E-state index contributed by atoms with van der Waals surface area (Å²) >= 11 is 0. The van der Waals surface area contributed by atoms with Crippen LogP contribution >= 0.6 is 0 Å². The van der Waals surface area contributed by atoms with Crippen LogP contribution in [0.4, 0.5) is 10.1 Å². The van der Waals surface area contributed by atoms with E-state index in [0.717, 1.165) is 5.56 Å². The van der Waals surface area contributed by atoms with Crippen LogP contribution in [0.25, 0.3) is 0 Å². The van der Waals surface area contributed by atoms with E-state index in [-0.39, 0.29) is 0 Å². The monoisotopic (exact) mass is 151 g/mol. The summed E-state index contributed by atoms with van der Waals surface area (Å²) in [6.45, 7) is 0. The minimum atomic E-state index is 0.534. The van der Waals surface area contributed by atoms with Crippen molar-refractivity contribution in [2.75, 3.05) is 5.73 Å². The van der Waals surface area contributed by atoms with Crippen molar-refractivity contribution in [1.29, 1.82) is 0 Å². The molecule has 0 aliphatic carbocycles. The number of nitrogen functional groups attached to an aromatic ring is 1. The van der Waals surface area contributed by atoms with Crippen molar-refractivity contribution in [3.8, 4) is 0 Å². The average molecular weight is 151 g/mol. The van der Waals surface area contributed by atoms with Gasteiger partial charge in [-0.1, -0.05) is 24.3 Å². The SMILES string of the molecule is Nc1ccccc1CC=CF. The van der Waals surface area contributed by atoms with Crippen molar-refractivity contribution in [2.24, 2.45) is 0 Å². The molecule has 0 bridgehead atoms. The number of hydrogen-bond acceptors (Lipinski definition) is 1. The van der Waals surface area contributed by atoms with Gasteiger partial charge < -0.3 is 5.73 Å². The lowest BCUT2D eigenvalue weighted by atomic mass is 10.1. The third-order valence-corrected chi connectivity index (χ3v) is 1.48. The number of rotatable bonds is 2. The van der Waals surface area contributed by atoms with Crippen LogP contribution in [0.1, 0.15) is 5.56 Å². The van der Waals surface area contributed by atoms with Crippen molar-refractivity contribution in [1.82, 2.24) is 0 Å². The minimum Gasteiger partial charge on any atom is -0.398 e. The van der Waals surface area contributed by atoms with Crippen molar-refractivity contribution < 1.29 is 4.39 Å². The molecule has 0 aliphatic heterocycles. The van der Waals surface area contributed by atoms with Gasteiger partial charge in [0.15, 0.2) is 0 Å². The van der Waals surface area contributed by atoms with E-state index in [4.69, 9.17) is 5.73 Å².